The van der Waals surface area contributed by atoms with Gasteiger partial charge in [0, 0.05) is 37.6 Å². The van der Waals surface area contributed by atoms with Crippen molar-refractivity contribution in [3.63, 3.8) is 0 Å². The Hall–Kier alpha value is -4.24. The van der Waals surface area contributed by atoms with Crippen LogP contribution in [0.5, 0.6) is 11.5 Å². The van der Waals surface area contributed by atoms with Crippen LogP contribution in [0.15, 0.2) is 54.7 Å². The maximum atomic E-state index is 13.3. The number of likely N-dealkylation sites (N-methyl/N-ethyl adjacent to an activating group) is 1. The first kappa shape index (κ1) is 26.4. The molecule has 0 radical (unpaired) electrons. The molecule has 9 heteroatoms. The van der Waals surface area contributed by atoms with Crippen LogP contribution in [0.2, 0.25) is 0 Å². The fourth-order valence-electron chi connectivity index (χ4n) is 4.82. The van der Waals surface area contributed by atoms with E-state index in [1.165, 1.54) is 4.90 Å². The van der Waals surface area contributed by atoms with E-state index in [1.807, 2.05) is 57.2 Å². The molecule has 2 aromatic carbocycles. The van der Waals surface area contributed by atoms with Gasteiger partial charge in [-0.15, -0.1) is 0 Å². The lowest BCUT2D eigenvalue weighted by Crippen LogP contribution is -2.48. The van der Waals surface area contributed by atoms with Crippen LogP contribution in [0.4, 0.5) is 0 Å². The SMILES string of the molecule is Cc1ccc2cc1Oc1cccc(c1)CO[C@H]1CN(C(=O)c3cnc(C)c(C)c3)C[C@@H]1NC(=O)CN(C)C2=O. The van der Waals surface area contributed by atoms with E-state index in [0.717, 1.165) is 22.4 Å². The Bertz CT molecular complexity index is 1440. The van der Waals surface area contributed by atoms with Gasteiger partial charge in [0.2, 0.25) is 5.91 Å². The number of likely N-dealkylation sites (tertiary alicyclic amines) is 1. The number of aromatic nitrogens is 1. The molecule has 0 unspecified atom stereocenters. The molecule has 9 nitrogen and oxygen atoms in total. The van der Waals surface area contributed by atoms with Gasteiger partial charge in [0.05, 0.1) is 30.9 Å². The predicted octanol–water partition coefficient (Wildman–Crippen LogP) is 3.41. The van der Waals surface area contributed by atoms with Gasteiger partial charge in [0.25, 0.3) is 11.8 Å². The molecule has 1 saturated heterocycles. The van der Waals surface area contributed by atoms with Gasteiger partial charge >= 0.3 is 0 Å². The first-order chi connectivity index (χ1) is 18.7. The maximum Gasteiger partial charge on any atom is 0.255 e. The number of fused-ring (bicyclic) bond motifs is 5. The van der Waals surface area contributed by atoms with Crippen molar-refractivity contribution >= 4 is 17.7 Å². The van der Waals surface area contributed by atoms with E-state index in [4.69, 9.17) is 9.47 Å². The van der Waals surface area contributed by atoms with Crippen molar-refractivity contribution in [3.8, 4) is 11.5 Å². The second-order valence-electron chi connectivity index (χ2n) is 10.3. The number of carbonyl (C=O) groups is 3. The average Bonchev–Trinajstić information content (AvgIpc) is 3.31. The molecule has 2 atom stereocenters. The summed E-state index contributed by atoms with van der Waals surface area (Å²) in [4.78, 5) is 46.8. The van der Waals surface area contributed by atoms with Gasteiger partial charge in [-0.05, 0) is 67.8 Å². The monoisotopic (exact) mass is 528 g/mol. The smallest absolute Gasteiger partial charge is 0.255 e. The summed E-state index contributed by atoms with van der Waals surface area (Å²) >= 11 is 0. The number of hydrogen-bond donors (Lipinski definition) is 1. The molecule has 3 heterocycles. The third-order valence-corrected chi connectivity index (χ3v) is 7.24. The Morgan fingerprint density at radius 3 is 2.64 bits per heavy atom. The molecular weight excluding hydrogens is 496 g/mol. The van der Waals surface area contributed by atoms with Gasteiger partial charge in [-0.3, -0.25) is 19.4 Å². The zero-order valence-electron chi connectivity index (χ0n) is 22.6. The largest absolute Gasteiger partial charge is 0.457 e. The molecular formula is C30H32N4O5. The van der Waals surface area contributed by atoms with Crippen molar-refractivity contribution in [2.75, 3.05) is 26.7 Å². The lowest BCUT2D eigenvalue weighted by atomic mass is 10.1. The number of ether oxygens (including phenoxy) is 2. The first-order valence-electron chi connectivity index (χ1n) is 12.9. The van der Waals surface area contributed by atoms with Crippen LogP contribution in [-0.2, 0) is 16.1 Å². The molecule has 1 fully saturated rings. The minimum Gasteiger partial charge on any atom is -0.457 e. The maximum absolute atomic E-state index is 13.3. The summed E-state index contributed by atoms with van der Waals surface area (Å²) in [5.74, 6) is 0.395. The molecule has 1 N–H and O–H groups in total. The third-order valence-electron chi connectivity index (χ3n) is 7.24. The molecule has 0 saturated carbocycles. The standard InChI is InChI=1S/C30H32N4O5/c1-18-8-9-22-12-26(18)39-24-7-5-6-21(11-24)17-38-27-15-34(30(37)23-10-19(2)20(3)31-13-23)14-25(27)32-28(35)16-33(4)29(22)36/h5-13,25,27H,14-17H2,1-4H3,(H,32,35)/t25-,27-/m0/s1. The number of rotatable bonds is 1. The highest BCUT2D eigenvalue weighted by molar-refractivity contribution is 5.97. The molecule has 4 bridgehead atoms. The Balaban J connectivity index is 1.42. The predicted molar refractivity (Wildman–Crippen MR) is 145 cm³/mol. The molecule has 3 aromatic rings. The van der Waals surface area contributed by atoms with Crippen LogP contribution < -0.4 is 10.1 Å². The van der Waals surface area contributed by atoms with E-state index in [0.29, 0.717) is 29.2 Å². The highest BCUT2D eigenvalue weighted by atomic mass is 16.5. The van der Waals surface area contributed by atoms with Crippen molar-refractivity contribution in [2.45, 2.75) is 39.5 Å². The van der Waals surface area contributed by atoms with Gasteiger partial charge in [-0.25, -0.2) is 0 Å². The Kier molecular flexibility index (Phi) is 7.34. The second kappa shape index (κ2) is 10.9. The van der Waals surface area contributed by atoms with Crippen molar-refractivity contribution < 1.29 is 23.9 Å². The van der Waals surface area contributed by atoms with Gasteiger partial charge in [-0.1, -0.05) is 18.2 Å². The van der Waals surface area contributed by atoms with Crippen LogP contribution in [0.1, 0.15) is 43.1 Å². The van der Waals surface area contributed by atoms with Crippen LogP contribution in [0, 0.1) is 20.8 Å². The summed E-state index contributed by atoms with van der Waals surface area (Å²) in [6.45, 7) is 6.46. The second-order valence-corrected chi connectivity index (χ2v) is 10.3. The zero-order chi connectivity index (χ0) is 27.7. The highest BCUT2D eigenvalue weighted by Crippen LogP contribution is 2.28. The molecule has 2 aliphatic rings. The number of nitrogens with zero attached hydrogens (tertiary/aromatic N) is 3. The highest BCUT2D eigenvalue weighted by Gasteiger charge is 2.38. The van der Waals surface area contributed by atoms with E-state index in [1.54, 1.807) is 30.3 Å². The van der Waals surface area contributed by atoms with E-state index in [-0.39, 0.29) is 37.4 Å². The third kappa shape index (κ3) is 5.78. The molecule has 202 valence electrons. The van der Waals surface area contributed by atoms with Gasteiger partial charge in [0.1, 0.15) is 11.5 Å². The molecule has 0 spiro atoms. The van der Waals surface area contributed by atoms with Crippen LogP contribution in [0.25, 0.3) is 0 Å². The van der Waals surface area contributed by atoms with Crippen LogP contribution in [0.3, 0.4) is 0 Å². The first-order valence-corrected chi connectivity index (χ1v) is 12.9. The van der Waals surface area contributed by atoms with E-state index >= 15 is 0 Å². The number of hydrogen-bond acceptors (Lipinski definition) is 6. The summed E-state index contributed by atoms with van der Waals surface area (Å²) in [5.41, 5.74) is 4.49. The van der Waals surface area contributed by atoms with Gasteiger partial charge < -0.3 is 24.6 Å². The van der Waals surface area contributed by atoms with Crippen molar-refractivity contribution in [3.05, 3.63) is 88.2 Å². The summed E-state index contributed by atoms with van der Waals surface area (Å²) in [6.07, 6.45) is 1.14. The van der Waals surface area contributed by atoms with E-state index in [9.17, 15) is 14.4 Å². The number of amides is 3. The number of nitrogens with one attached hydrogen (secondary N) is 1. The number of aryl methyl sites for hydroxylation is 3. The topological polar surface area (TPSA) is 101 Å². The molecule has 39 heavy (non-hydrogen) atoms. The van der Waals surface area contributed by atoms with Gasteiger partial charge in [-0.2, -0.15) is 0 Å². The zero-order valence-corrected chi connectivity index (χ0v) is 22.6. The summed E-state index contributed by atoms with van der Waals surface area (Å²) < 4.78 is 12.4. The van der Waals surface area contributed by atoms with Crippen molar-refractivity contribution in [2.24, 2.45) is 0 Å². The van der Waals surface area contributed by atoms with E-state index < -0.39 is 12.1 Å². The quantitative estimate of drug-likeness (QED) is 0.520. The number of carbonyl (C=O) groups excluding carboxylic acids is 3. The summed E-state index contributed by atoms with van der Waals surface area (Å²) in [7, 11) is 1.58. The van der Waals surface area contributed by atoms with E-state index in [2.05, 4.69) is 10.3 Å². The van der Waals surface area contributed by atoms with Crippen molar-refractivity contribution in [1.29, 1.82) is 0 Å². The molecule has 2 aliphatic heterocycles. The minimum atomic E-state index is -0.442. The lowest BCUT2D eigenvalue weighted by molar-refractivity contribution is -0.123. The van der Waals surface area contributed by atoms with Crippen molar-refractivity contribution in [1.82, 2.24) is 20.1 Å². The Morgan fingerprint density at radius 2 is 1.85 bits per heavy atom. The summed E-state index contributed by atoms with van der Waals surface area (Å²) in [5, 5.41) is 3.00. The summed E-state index contributed by atoms with van der Waals surface area (Å²) in [6, 6.07) is 14.2. The fraction of sp³-hybridized carbons (Fsp3) is 0.333. The lowest BCUT2D eigenvalue weighted by Gasteiger charge is -2.23. The Morgan fingerprint density at radius 1 is 1.03 bits per heavy atom. The fourth-order valence-corrected chi connectivity index (χ4v) is 4.82. The molecule has 5 rings (SSSR count). The molecule has 0 aliphatic carbocycles. The van der Waals surface area contributed by atoms with Crippen LogP contribution in [-0.4, -0.2) is 71.3 Å². The molecule has 1 aromatic heterocycles. The van der Waals surface area contributed by atoms with Gasteiger partial charge in [0.15, 0.2) is 0 Å². The Labute approximate surface area is 227 Å². The van der Waals surface area contributed by atoms with Crippen LogP contribution >= 0.6 is 0 Å². The molecule has 3 amide bonds. The average molecular weight is 529 g/mol. The number of pyridine rings is 1. The normalized spacial score (nSPS) is 19.8. The minimum absolute atomic E-state index is 0.139. The number of benzene rings is 2.